The van der Waals surface area contributed by atoms with Crippen LogP contribution in [0, 0.1) is 5.92 Å². The molecular formula is C19H18O6. The van der Waals surface area contributed by atoms with E-state index in [0.29, 0.717) is 11.3 Å². The lowest BCUT2D eigenvalue weighted by molar-refractivity contribution is -0.174. The first-order valence-corrected chi connectivity index (χ1v) is 7.97. The Morgan fingerprint density at radius 2 is 2.00 bits per heavy atom. The molecule has 0 fully saturated rings. The van der Waals surface area contributed by atoms with Gasteiger partial charge in [0, 0.05) is 11.6 Å². The minimum absolute atomic E-state index is 0.129. The number of allylic oxidation sites excluding steroid dienone is 2. The van der Waals surface area contributed by atoms with Crippen molar-refractivity contribution in [3.05, 3.63) is 48.1 Å². The lowest BCUT2D eigenvalue weighted by atomic mass is 9.74. The maximum Gasteiger partial charge on any atom is 0.352 e. The van der Waals surface area contributed by atoms with E-state index in [4.69, 9.17) is 14.2 Å². The first-order valence-electron chi connectivity index (χ1n) is 7.97. The van der Waals surface area contributed by atoms with Crippen molar-refractivity contribution in [1.82, 2.24) is 0 Å². The summed E-state index contributed by atoms with van der Waals surface area (Å²) in [7, 11) is 1.55. The fourth-order valence-corrected chi connectivity index (χ4v) is 3.05. The zero-order valence-corrected chi connectivity index (χ0v) is 14.0. The van der Waals surface area contributed by atoms with Gasteiger partial charge >= 0.3 is 5.97 Å². The topological polar surface area (TPSA) is 78.9 Å². The zero-order chi connectivity index (χ0) is 18.0. The van der Waals surface area contributed by atoms with Gasteiger partial charge in [-0.2, -0.15) is 0 Å². The van der Waals surface area contributed by atoms with Crippen molar-refractivity contribution in [3.63, 3.8) is 0 Å². The standard InChI is InChI=1S/C19H18O6/c1-3-24-18(22)19-11-13(20)6-9-15(19)16(21)10-17(25-19)12-4-7-14(23-2)8-5-12/h4-10,15H,3,11H2,1-2H3/t15-,19-/m0/s1. The highest BCUT2D eigenvalue weighted by molar-refractivity contribution is 6.09. The van der Waals surface area contributed by atoms with Crippen LogP contribution in [0.2, 0.25) is 0 Å². The highest BCUT2D eigenvalue weighted by Crippen LogP contribution is 2.41. The first kappa shape index (κ1) is 17.0. The van der Waals surface area contributed by atoms with Crippen LogP contribution in [-0.2, 0) is 23.9 Å². The Morgan fingerprint density at radius 1 is 1.28 bits per heavy atom. The van der Waals surface area contributed by atoms with Gasteiger partial charge < -0.3 is 14.2 Å². The summed E-state index contributed by atoms with van der Waals surface area (Å²) in [6.07, 6.45) is 3.86. The van der Waals surface area contributed by atoms with Crippen LogP contribution in [0.15, 0.2) is 42.5 Å². The van der Waals surface area contributed by atoms with Crippen LogP contribution < -0.4 is 4.74 Å². The van der Waals surface area contributed by atoms with E-state index >= 15 is 0 Å². The molecule has 130 valence electrons. The number of hydrogen-bond acceptors (Lipinski definition) is 6. The number of ether oxygens (including phenoxy) is 3. The molecule has 2 atom stereocenters. The molecule has 1 heterocycles. The second kappa shape index (κ2) is 6.55. The quantitative estimate of drug-likeness (QED) is 0.780. The average Bonchev–Trinajstić information content (AvgIpc) is 2.61. The highest BCUT2D eigenvalue weighted by Gasteiger charge is 2.56. The Labute approximate surface area is 145 Å². The van der Waals surface area contributed by atoms with Crippen LogP contribution in [0.5, 0.6) is 5.75 Å². The van der Waals surface area contributed by atoms with Gasteiger partial charge in [-0.05, 0) is 37.3 Å². The highest BCUT2D eigenvalue weighted by atomic mass is 16.6. The summed E-state index contributed by atoms with van der Waals surface area (Å²) in [4.78, 5) is 37.1. The molecule has 0 saturated heterocycles. The molecule has 0 aromatic heterocycles. The molecule has 3 rings (SSSR count). The van der Waals surface area contributed by atoms with E-state index in [2.05, 4.69) is 0 Å². The number of esters is 1. The number of hydrogen-bond donors (Lipinski definition) is 0. The molecule has 0 saturated carbocycles. The molecule has 0 unspecified atom stereocenters. The van der Waals surface area contributed by atoms with E-state index in [1.165, 1.54) is 18.2 Å². The molecule has 1 aromatic rings. The van der Waals surface area contributed by atoms with E-state index in [-0.39, 0.29) is 30.4 Å². The maximum atomic E-state index is 12.6. The summed E-state index contributed by atoms with van der Waals surface area (Å²) in [5, 5.41) is 0. The molecule has 0 bridgehead atoms. The van der Waals surface area contributed by atoms with Crippen LogP contribution in [0.4, 0.5) is 0 Å². The third kappa shape index (κ3) is 2.95. The summed E-state index contributed by atoms with van der Waals surface area (Å²) in [6, 6.07) is 6.88. The largest absolute Gasteiger partial charge is 0.497 e. The van der Waals surface area contributed by atoms with E-state index in [1.54, 1.807) is 38.3 Å². The van der Waals surface area contributed by atoms with Gasteiger partial charge in [0.1, 0.15) is 11.5 Å². The minimum atomic E-state index is -1.65. The predicted molar refractivity (Wildman–Crippen MR) is 88.7 cm³/mol. The van der Waals surface area contributed by atoms with Crippen molar-refractivity contribution in [3.8, 4) is 5.75 Å². The molecule has 0 amide bonds. The lowest BCUT2D eigenvalue weighted by Gasteiger charge is -2.40. The Balaban J connectivity index is 2.03. The fraction of sp³-hybridized carbons (Fsp3) is 0.316. The number of fused-ring (bicyclic) bond motifs is 1. The molecule has 6 nitrogen and oxygen atoms in total. The molecule has 25 heavy (non-hydrogen) atoms. The van der Waals surface area contributed by atoms with Crippen LogP contribution in [0.25, 0.3) is 5.76 Å². The molecule has 0 N–H and O–H groups in total. The second-order valence-corrected chi connectivity index (χ2v) is 5.83. The Kier molecular flexibility index (Phi) is 4.44. The minimum Gasteiger partial charge on any atom is -0.497 e. The SMILES string of the molecule is CCOC(=O)[C@]12CC(=O)C=C[C@H]1C(=O)C=C(c1ccc(OC)cc1)O2. The van der Waals surface area contributed by atoms with Gasteiger partial charge in [-0.3, -0.25) is 9.59 Å². The summed E-state index contributed by atoms with van der Waals surface area (Å²) in [5.41, 5.74) is -1.04. The molecular weight excluding hydrogens is 324 g/mol. The Hall–Kier alpha value is -2.89. The van der Waals surface area contributed by atoms with Crippen LogP contribution in [0.3, 0.4) is 0 Å². The van der Waals surface area contributed by atoms with Crippen molar-refractivity contribution in [2.75, 3.05) is 13.7 Å². The molecule has 1 aliphatic heterocycles. The van der Waals surface area contributed by atoms with Crippen molar-refractivity contribution < 1.29 is 28.6 Å². The summed E-state index contributed by atoms with van der Waals surface area (Å²) in [5.74, 6) is -1.27. The van der Waals surface area contributed by atoms with Crippen molar-refractivity contribution in [2.45, 2.75) is 18.9 Å². The van der Waals surface area contributed by atoms with E-state index in [9.17, 15) is 14.4 Å². The zero-order valence-electron chi connectivity index (χ0n) is 14.0. The molecule has 0 radical (unpaired) electrons. The van der Waals surface area contributed by atoms with Crippen LogP contribution >= 0.6 is 0 Å². The summed E-state index contributed by atoms with van der Waals surface area (Å²) in [6.45, 7) is 1.79. The number of methoxy groups -OCH3 is 1. The fourth-order valence-electron chi connectivity index (χ4n) is 3.05. The molecule has 0 spiro atoms. The lowest BCUT2D eigenvalue weighted by Crippen LogP contribution is -2.55. The van der Waals surface area contributed by atoms with Gasteiger partial charge in [-0.15, -0.1) is 0 Å². The number of rotatable bonds is 4. The first-order chi connectivity index (χ1) is 12.0. The Morgan fingerprint density at radius 3 is 2.64 bits per heavy atom. The monoisotopic (exact) mass is 342 g/mol. The van der Waals surface area contributed by atoms with Crippen molar-refractivity contribution in [1.29, 1.82) is 0 Å². The normalized spacial score (nSPS) is 24.9. The Bertz CT molecular complexity index is 774. The van der Waals surface area contributed by atoms with E-state index in [0.717, 1.165) is 0 Å². The number of ketones is 2. The molecule has 2 aliphatic rings. The third-order valence-electron chi connectivity index (χ3n) is 4.28. The van der Waals surface area contributed by atoms with Crippen molar-refractivity contribution in [2.24, 2.45) is 5.92 Å². The summed E-state index contributed by atoms with van der Waals surface area (Å²) < 4.78 is 16.2. The van der Waals surface area contributed by atoms with Gasteiger partial charge in [0.2, 0.25) is 5.60 Å². The van der Waals surface area contributed by atoms with Gasteiger partial charge in [-0.1, -0.05) is 6.08 Å². The molecule has 1 aromatic carbocycles. The predicted octanol–water partition coefficient (Wildman–Crippen LogP) is 2.08. The number of carbonyl (C=O) groups is 3. The van der Waals surface area contributed by atoms with Crippen LogP contribution in [0.1, 0.15) is 18.9 Å². The van der Waals surface area contributed by atoms with Gasteiger partial charge in [-0.25, -0.2) is 4.79 Å². The average molecular weight is 342 g/mol. The third-order valence-corrected chi connectivity index (χ3v) is 4.28. The van der Waals surface area contributed by atoms with Gasteiger partial charge in [0.05, 0.1) is 26.1 Å². The number of carbonyl (C=O) groups excluding carboxylic acids is 3. The molecule has 6 heteroatoms. The maximum absolute atomic E-state index is 12.6. The van der Waals surface area contributed by atoms with E-state index in [1.807, 2.05) is 0 Å². The van der Waals surface area contributed by atoms with Crippen molar-refractivity contribution >= 4 is 23.3 Å². The summed E-state index contributed by atoms with van der Waals surface area (Å²) >= 11 is 0. The second-order valence-electron chi connectivity index (χ2n) is 5.83. The van der Waals surface area contributed by atoms with E-state index < -0.39 is 17.5 Å². The number of benzene rings is 1. The van der Waals surface area contributed by atoms with Crippen LogP contribution in [-0.4, -0.2) is 36.9 Å². The van der Waals surface area contributed by atoms with Gasteiger partial charge in [0.15, 0.2) is 11.6 Å². The smallest absolute Gasteiger partial charge is 0.352 e. The van der Waals surface area contributed by atoms with Gasteiger partial charge in [0.25, 0.3) is 0 Å². The molecule has 1 aliphatic carbocycles.